The Bertz CT molecular complexity index is 494. The summed E-state index contributed by atoms with van der Waals surface area (Å²) in [6.45, 7) is 3.26. The highest BCUT2D eigenvalue weighted by Gasteiger charge is 2.25. The Morgan fingerprint density at radius 2 is 2.05 bits per heavy atom. The molecule has 5 nitrogen and oxygen atoms in total. The molecule has 7 heteroatoms. The van der Waals surface area contributed by atoms with Crippen molar-refractivity contribution in [3.8, 4) is 0 Å². The minimum Gasteiger partial charge on any atom is -0.480 e. The molecule has 0 saturated heterocycles. The van der Waals surface area contributed by atoms with Crippen molar-refractivity contribution in [2.75, 3.05) is 6.54 Å². The van der Waals surface area contributed by atoms with Crippen LogP contribution < -0.4 is 0 Å². The third-order valence-electron chi connectivity index (χ3n) is 2.73. The van der Waals surface area contributed by atoms with Gasteiger partial charge in [-0.25, -0.2) is 4.98 Å². The number of carbonyl (C=O) groups is 2. The largest absolute Gasteiger partial charge is 0.480 e. The fourth-order valence-electron chi connectivity index (χ4n) is 1.52. The van der Waals surface area contributed by atoms with E-state index >= 15 is 0 Å². The van der Waals surface area contributed by atoms with E-state index in [0.717, 1.165) is 0 Å². The Morgan fingerprint density at radius 3 is 2.53 bits per heavy atom. The van der Waals surface area contributed by atoms with Crippen LogP contribution in [0.25, 0.3) is 0 Å². The first-order valence-electron chi connectivity index (χ1n) is 5.71. The molecule has 1 heterocycles. The lowest BCUT2D eigenvalue weighted by molar-refractivity contribution is -0.138. The summed E-state index contributed by atoms with van der Waals surface area (Å²) >= 11 is 11.5. The normalized spacial score (nSPS) is 12.0. The van der Waals surface area contributed by atoms with Gasteiger partial charge in [0.1, 0.15) is 16.9 Å². The van der Waals surface area contributed by atoms with Crippen LogP contribution in [0.3, 0.4) is 0 Å². The SMILES string of the molecule is CCC(C)N(CC(=O)O)C(=O)c1ccc(Cl)nc1Cl. The Morgan fingerprint density at radius 1 is 1.42 bits per heavy atom. The molecule has 0 spiro atoms. The number of pyridine rings is 1. The Labute approximate surface area is 121 Å². The molecule has 1 rings (SSSR count). The van der Waals surface area contributed by atoms with Gasteiger partial charge >= 0.3 is 5.97 Å². The molecular formula is C12H14Cl2N2O3. The summed E-state index contributed by atoms with van der Waals surface area (Å²) in [5, 5.41) is 9.02. The minimum atomic E-state index is -1.08. The van der Waals surface area contributed by atoms with Gasteiger partial charge in [-0.1, -0.05) is 30.1 Å². The summed E-state index contributed by atoms with van der Waals surface area (Å²) in [7, 11) is 0. The first-order valence-corrected chi connectivity index (χ1v) is 6.47. The summed E-state index contributed by atoms with van der Waals surface area (Å²) in [4.78, 5) is 28.2. The number of aromatic nitrogens is 1. The van der Waals surface area contributed by atoms with Crippen LogP contribution >= 0.6 is 23.2 Å². The lowest BCUT2D eigenvalue weighted by atomic mass is 10.1. The van der Waals surface area contributed by atoms with Crippen LogP contribution in [0.1, 0.15) is 30.6 Å². The lowest BCUT2D eigenvalue weighted by Gasteiger charge is -2.27. The zero-order chi connectivity index (χ0) is 14.6. The number of nitrogens with zero attached hydrogens (tertiary/aromatic N) is 2. The van der Waals surface area contributed by atoms with Gasteiger partial charge in [0.25, 0.3) is 5.91 Å². The maximum absolute atomic E-state index is 12.3. The molecule has 0 aliphatic heterocycles. The quantitative estimate of drug-likeness (QED) is 0.849. The maximum Gasteiger partial charge on any atom is 0.323 e. The van der Waals surface area contributed by atoms with E-state index in [1.54, 1.807) is 6.92 Å². The predicted molar refractivity (Wildman–Crippen MR) is 72.7 cm³/mol. The Kier molecular flexibility index (Phi) is 5.57. The van der Waals surface area contributed by atoms with E-state index in [1.807, 2.05) is 6.92 Å². The van der Waals surface area contributed by atoms with E-state index in [4.69, 9.17) is 28.3 Å². The number of halogens is 2. The van der Waals surface area contributed by atoms with Gasteiger partial charge in [-0.2, -0.15) is 0 Å². The highest BCUT2D eigenvalue weighted by Crippen LogP contribution is 2.20. The van der Waals surface area contributed by atoms with Gasteiger partial charge in [-0.15, -0.1) is 0 Å². The van der Waals surface area contributed by atoms with Crippen LogP contribution in [-0.2, 0) is 4.79 Å². The molecule has 0 radical (unpaired) electrons. The molecule has 19 heavy (non-hydrogen) atoms. The lowest BCUT2D eigenvalue weighted by Crippen LogP contribution is -2.42. The van der Waals surface area contributed by atoms with Gasteiger partial charge in [-0.3, -0.25) is 9.59 Å². The van der Waals surface area contributed by atoms with Crippen molar-refractivity contribution >= 4 is 35.1 Å². The highest BCUT2D eigenvalue weighted by molar-refractivity contribution is 6.34. The van der Waals surface area contributed by atoms with E-state index < -0.39 is 11.9 Å². The summed E-state index contributed by atoms with van der Waals surface area (Å²) in [6, 6.07) is 2.67. The summed E-state index contributed by atoms with van der Waals surface area (Å²) in [5.74, 6) is -1.54. The van der Waals surface area contributed by atoms with Crippen LogP contribution in [0.15, 0.2) is 12.1 Å². The van der Waals surface area contributed by atoms with Gasteiger partial charge in [-0.05, 0) is 25.5 Å². The number of carbonyl (C=O) groups excluding carboxylic acids is 1. The van der Waals surface area contributed by atoms with Crippen LogP contribution in [0, 0.1) is 0 Å². The molecule has 1 aromatic rings. The van der Waals surface area contributed by atoms with Crippen molar-refractivity contribution in [1.29, 1.82) is 0 Å². The Balaban J connectivity index is 3.08. The summed E-state index contributed by atoms with van der Waals surface area (Å²) in [5.41, 5.74) is 0.146. The highest BCUT2D eigenvalue weighted by atomic mass is 35.5. The first kappa shape index (κ1) is 15.7. The van der Waals surface area contributed by atoms with E-state index in [9.17, 15) is 9.59 Å². The predicted octanol–water partition coefficient (Wildman–Crippen LogP) is 2.71. The molecule has 1 unspecified atom stereocenters. The average molecular weight is 305 g/mol. The van der Waals surface area contributed by atoms with Crippen molar-refractivity contribution in [1.82, 2.24) is 9.88 Å². The molecule has 0 fully saturated rings. The topological polar surface area (TPSA) is 70.5 Å². The second kappa shape index (κ2) is 6.73. The minimum absolute atomic E-state index is 0.0313. The van der Waals surface area contributed by atoms with E-state index in [1.165, 1.54) is 17.0 Å². The molecule has 0 aromatic carbocycles. The molecular weight excluding hydrogens is 291 g/mol. The standard InChI is InChI=1S/C12H14Cl2N2O3/c1-3-7(2)16(6-10(17)18)12(19)8-4-5-9(13)15-11(8)14/h4-5,7H,3,6H2,1-2H3,(H,17,18). The van der Waals surface area contributed by atoms with Gasteiger partial charge in [0.15, 0.2) is 0 Å². The van der Waals surface area contributed by atoms with Crippen LogP contribution in [0.2, 0.25) is 10.3 Å². The van der Waals surface area contributed by atoms with Gasteiger partial charge in [0.2, 0.25) is 0 Å². The molecule has 1 N–H and O–H groups in total. The average Bonchev–Trinajstić information content (AvgIpc) is 2.34. The third-order valence-corrected chi connectivity index (χ3v) is 3.23. The van der Waals surface area contributed by atoms with Gasteiger partial charge < -0.3 is 10.0 Å². The maximum atomic E-state index is 12.3. The van der Waals surface area contributed by atoms with Crippen LogP contribution in [-0.4, -0.2) is 39.5 Å². The van der Waals surface area contributed by atoms with E-state index in [-0.39, 0.29) is 28.5 Å². The van der Waals surface area contributed by atoms with Crippen molar-refractivity contribution in [3.05, 3.63) is 28.0 Å². The summed E-state index contributed by atoms with van der Waals surface area (Å²) in [6.07, 6.45) is 0.637. The zero-order valence-corrected chi connectivity index (χ0v) is 12.1. The second-order valence-electron chi connectivity index (χ2n) is 4.06. The van der Waals surface area contributed by atoms with Crippen molar-refractivity contribution in [2.24, 2.45) is 0 Å². The van der Waals surface area contributed by atoms with Crippen molar-refractivity contribution in [3.63, 3.8) is 0 Å². The molecule has 104 valence electrons. The molecule has 1 atom stereocenters. The van der Waals surface area contributed by atoms with E-state index in [0.29, 0.717) is 6.42 Å². The molecule has 1 amide bonds. The number of amides is 1. The van der Waals surface area contributed by atoms with Gasteiger partial charge in [0, 0.05) is 6.04 Å². The van der Waals surface area contributed by atoms with Gasteiger partial charge in [0.05, 0.1) is 5.56 Å². The first-order chi connectivity index (χ1) is 8.86. The van der Waals surface area contributed by atoms with Crippen molar-refractivity contribution < 1.29 is 14.7 Å². The smallest absolute Gasteiger partial charge is 0.323 e. The zero-order valence-electron chi connectivity index (χ0n) is 10.6. The number of rotatable bonds is 5. The molecule has 1 aromatic heterocycles. The molecule has 0 bridgehead atoms. The Hall–Kier alpha value is -1.33. The van der Waals surface area contributed by atoms with E-state index in [2.05, 4.69) is 4.98 Å². The number of hydrogen-bond donors (Lipinski definition) is 1. The van der Waals surface area contributed by atoms with Crippen LogP contribution in [0.4, 0.5) is 0 Å². The van der Waals surface area contributed by atoms with Crippen LogP contribution in [0.5, 0.6) is 0 Å². The fourth-order valence-corrected chi connectivity index (χ4v) is 1.95. The monoisotopic (exact) mass is 304 g/mol. The number of aliphatic carboxylic acids is 1. The number of carboxylic acids is 1. The molecule has 0 aliphatic carbocycles. The second-order valence-corrected chi connectivity index (χ2v) is 4.80. The third kappa shape index (κ3) is 4.08. The summed E-state index contributed by atoms with van der Waals surface area (Å²) < 4.78 is 0. The fraction of sp³-hybridized carbons (Fsp3) is 0.417. The number of carboxylic acid groups (broad SMARTS) is 1. The molecule has 0 aliphatic rings. The number of hydrogen-bond acceptors (Lipinski definition) is 3. The molecule has 0 saturated carbocycles. The van der Waals surface area contributed by atoms with Crippen molar-refractivity contribution in [2.45, 2.75) is 26.3 Å².